The van der Waals surface area contributed by atoms with Crippen LogP contribution in [-0.2, 0) is 6.54 Å². The summed E-state index contributed by atoms with van der Waals surface area (Å²) in [5.41, 5.74) is 0. The molecule has 2 aromatic heterocycles. The molecule has 0 unspecified atom stereocenters. The summed E-state index contributed by atoms with van der Waals surface area (Å²) in [5.74, 6) is 0.743. The molecule has 0 radical (unpaired) electrons. The molecule has 0 atom stereocenters. The van der Waals surface area contributed by atoms with Crippen molar-refractivity contribution in [1.82, 2.24) is 9.97 Å². The molecule has 6 heteroatoms. The number of aromatic nitrogens is 2. The van der Waals surface area contributed by atoms with Crippen molar-refractivity contribution >= 4 is 40.4 Å². The van der Waals surface area contributed by atoms with E-state index in [-0.39, 0.29) is 5.28 Å². The third-order valence-corrected chi connectivity index (χ3v) is 4.17. The molecular weight excluding hydrogens is 289 g/mol. The van der Waals surface area contributed by atoms with Gasteiger partial charge in [0.25, 0.3) is 0 Å². The number of hydrogen-bond donors (Lipinski definition) is 0. The Balaban J connectivity index is 1.91. The minimum atomic E-state index is 0.242. The second kappa shape index (κ2) is 5.03. The van der Waals surface area contributed by atoms with Gasteiger partial charge in [0.2, 0.25) is 5.28 Å². The summed E-state index contributed by atoms with van der Waals surface area (Å²) in [6.45, 7) is 0.829. The zero-order valence-electron chi connectivity index (χ0n) is 9.51. The summed E-state index contributed by atoms with van der Waals surface area (Å²) < 4.78 is 0. The predicted octanol–water partition coefficient (Wildman–Crippen LogP) is 4.01. The van der Waals surface area contributed by atoms with Crippen LogP contribution in [-0.4, -0.2) is 16.0 Å². The number of thiophene rings is 1. The second-order valence-corrected chi connectivity index (χ2v) is 6.03. The Morgan fingerprint density at radius 1 is 1.39 bits per heavy atom. The van der Waals surface area contributed by atoms with E-state index in [0.29, 0.717) is 11.1 Å². The normalized spacial score (nSPS) is 14.8. The maximum Gasteiger partial charge on any atom is 0.224 e. The van der Waals surface area contributed by atoms with Gasteiger partial charge >= 0.3 is 0 Å². The second-order valence-electron chi connectivity index (χ2n) is 4.25. The summed E-state index contributed by atoms with van der Waals surface area (Å²) in [6, 6.07) is 4.70. The molecular formula is C12H11Cl2N3S. The maximum absolute atomic E-state index is 6.18. The van der Waals surface area contributed by atoms with Crippen LogP contribution < -0.4 is 4.90 Å². The Kier molecular flexibility index (Phi) is 3.41. The lowest BCUT2D eigenvalue weighted by Crippen LogP contribution is -2.26. The molecule has 0 saturated heterocycles. The van der Waals surface area contributed by atoms with Crippen LogP contribution in [0.2, 0.25) is 10.3 Å². The smallest absolute Gasteiger partial charge is 0.224 e. The molecule has 1 saturated carbocycles. The summed E-state index contributed by atoms with van der Waals surface area (Å²) in [7, 11) is 0. The van der Waals surface area contributed by atoms with Crippen molar-refractivity contribution in [3.63, 3.8) is 0 Å². The highest BCUT2D eigenvalue weighted by Gasteiger charge is 2.31. The topological polar surface area (TPSA) is 29.0 Å². The first kappa shape index (κ1) is 12.2. The average molecular weight is 300 g/mol. The largest absolute Gasteiger partial charge is 0.347 e. The first-order chi connectivity index (χ1) is 8.74. The predicted molar refractivity (Wildman–Crippen MR) is 75.6 cm³/mol. The highest BCUT2D eigenvalue weighted by Crippen LogP contribution is 2.36. The number of anilines is 1. The standard InChI is InChI=1S/C12H11Cl2N3S/c13-10-6-15-12(14)16-11(10)17(8-3-4-8)7-9-2-1-5-18-9/h1-2,5-6,8H,3-4,7H2. The van der Waals surface area contributed by atoms with Crippen LogP contribution in [0.4, 0.5) is 5.82 Å². The molecule has 0 N–H and O–H groups in total. The van der Waals surface area contributed by atoms with E-state index in [0.717, 1.165) is 12.4 Å². The van der Waals surface area contributed by atoms with E-state index in [1.807, 2.05) is 0 Å². The van der Waals surface area contributed by atoms with Gasteiger partial charge in [-0.2, -0.15) is 4.98 Å². The van der Waals surface area contributed by atoms with Crippen molar-refractivity contribution in [3.05, 3.63) is 38.9 Å². The maximum atomic E-state index is 6.18. The Morgan fingerprint density at radius 2 is 2.22 bits per heavy atom. The molecule has 1 aliphatic carbocycles. The van der Waals surface area contributed by atoms with Gasteiger partial charge in [-0.15, -0.1) is 11.3 Å². The Labute approximate surface area is 119 Å². The Morgan fingerprint density at radius 3 is 2.89 bits per heavy atom. The van der Waals surface area contributed by atoms with Gasteiger partial charge in [0, 0.05) is 10.9 Å². The minimum absolute atomic E-state index is 0.242. The molecule has 18 heavy (non-hydrogen) atoms. The van der Waals surface area contributed by atoms with Crippen molar-refractivity contribution in [2.24, 2.45) is 0 Å². The molecule has 1 aliphatic rings. The fraction of sp³-hybridized carbons (Fsp3) is 0.333. The van der Waals surface area contributed by atoms with Gasteiger partial charge in [-0.05, 0) is 35.9 Å². The van der Waals surface area contributed by atoms with E-state index in [1.54, 1.807) is 17.5 Å². The van der Waals surface area contributed by atoms with E-state index in [4.69, 9.17) is 23.2 Å². The van der Waals surface area contributed by atoms with Gasteiger partial charge < -0.3 is 4.90 Å². The molecule has 0 spiro atoms. The third-order valence-electron chi connectivity index (χ3n) is 2.86. The summed E-state index contributed by atoms with van der Waals surface area (Å²) >= 11 is 13.8. The highest BCUT2D eigenvalue weighted by molar-refractivity contribution is 7.09. The molecule has 0 bridgehead atoms. The molecule has 1 fully saturated rings. The van der Waals surface area contributed by atoms with E-state index in [2.05, 4.69) is 32.4 Å². The van der Waals surface area contributed by atoms with Crippen molar-refractivity contribution in [2.75, 3.05) is 4.90 Å². The number of nitrogens with zero attached hydrogens (tertiary/aromatic N) is 3. The quantitative estimate of drug-likeness (QED) is 0.799. The van der Waals surface area contributed by atoms with Gasteiger partial charge in [-0.1, -0.05) is 17.7 Å². The Bertz CT molecular complexity index is 540. The van der Waals surface area contributed by atoms with Gasteiger partial charge in [0.05, 0.1) is 12.7 Å². The fourth-order valence-corrected chi connectivity index (χ4v) is 2.90. The molecule has 0 aromatic carbocycles. The number of rotatable bonds is 4. The monoisotopic (exact) mass is 299 g/mol. The first-order valence-corrected chi connectivity index (χ1v) is 7.34. The van der Waals surface area contributed by atoms with Gasteiger partial charge in [-0.25, -0.2) is 4.98 Å². The summed E-state index contributed by atoms with van der Waals surface area (Å²) in [5, 5.41) is 2.88. The van der Waals surface area contributed by atoms with Crippen molar-refractivity contribution in [3.8, 4) is 0 Å². The number of halogens is 2. The van der Waals surface area contributed by atoms with Crippen LogP contribution in [0.15, 0.2) is 23.7 Å². The van der Waals surface area contributed by atoms with Crippen molar-refractivity contribution in [2.45, 2.75) is 25.4 Å². The molecule has 3 nitrogen and oxygen atoms in total. The van der Waals surface area contributed by atoms with Gasteiger partial charge in [-0.3, -0.25) is 0 Å². The van der Waals surface area contributed by atoms with Crippen LogP contribution in [0, 0.1) is 0 Å². The number of hydrogen-bond acceptors (Lipinski definition) is 4. The lowest BCUT2D eigenvalue weighted by Gasteiger charge is -2.23. The summed E-state index contributed by atoms with van der Waals surface area (Å²) in [6.07, 6.45) is 3.93. The summed E-state index contributed by atoms with van der Waals surface area (Å²) in [4.78, 5) is 11.7. The zero-order chi connectivity index (χ0) is 12.5. The molecule has 0 aliphatic heterocycles. The van der Waals surface area contributed by atoms with E-state index >= 15 is 0 Å². The molecule has 94 valence electrons. The zero-order valence-corrected chi connectivity index (χ0v) is 11.8. The Hall–Kier alpha value is -0.840. The van der Waals surface area contributed by atoms with Crippen LogP contribution in [0.25, 0.3) is 0 Å². The minimum Gasteiger partial charge on any atom is -0.347 e. The van der Waals surface area contributed by atoms with Crippen LogP contribution in [0.5, 0.6) is 0 Å². The fourth-order valence-electron chi connectivity index (χ4n) is 1.87. The van der Waals surface area contributed by atoms with E-state index in [9.17, 15) is 0 Å². The SMILES string of the molecule is Clc1ncc(Cl)c(N(Cc2cccs2)C2CC2)n1. The van der Waals surface area contributed by atoms with E-state index < -0.39 is 0 Å². The van der Waals surface area contributed by atoms with Crippen molar-refractivity contribution < 1.29 is 0 Å². The average Bonchev–Trinajstić information content (AvgIpc) is 3.07. The molecule has 2 aromatic rings. The first-order valence-electron chi connectivity index (χ1n) is 5.71. The van der Waals surface area contributed by atoms with Crippen LogP contribution in [0.3, 0.4) is 0 Å². The third kappa shape index (κ3) is 2.60. The lowest BCUT2D eigenvalue weighted by molar-refractivity contribution is 0.783. The molecule has 0 amide bonds. The van der Waals surface area contributed by atoms with E-state index in [1.165, 1.54) is 17.7 Å². The van der Waals surface area contributed by atoms with Crippen LogP contribution in [0.1, 0.15) is 17.7 Å². The lowest BCUT2D eigenvalue weighted by atomic mass is 10.3. The van der Waals surface area contributed by atoms with Gasteiger partial charge in [0.15, 0.2) is 5.82 Å². The highest BCUT2D eigenvalue weighted by atomic mass is 35.5. The molecule has 2 heterocycles. The van der Waals surface area contributed by atoms with Crippen LogP contribution >= 0.6 is 34.5 Å². The molecule has 3 rings (SSSR count). The van der Waals surface area contributed by atoms with Gasteiger partial charge in [0.1, 0.15) is 5.02 Å². The van der Waals surface area contributed by atoms with Crippen molar-refractivity contribution in [1.29, 1.82) is 0 Å².